The summed E-state index contributed by atoms with van der Waals surface area (Å²) >= 11 is 0. The second kappa shape index (κ2) is 6.77. The minimum atomic E-state index is -0.712. The summed E-state index contributed by atoms with van der Waals surface area (Å²) in [5, 5.41) is 2.97. The molecule has 4 heterocycles. The number of carbonyl (C=O) groups excluding carboxylic acids is 2. The van der Waals surface area contributed by atoms with Crippen molar-refractivity contribution >= 4 is 11.8 Å². The van der Waals surface area contributed by atoms with E-state index in [1.165, 1.54) is 0 Å². The van der Waals surface area contributed by atoms with Crippen molar-refractivity contribution in [2.45, 2.75) is 24.8 Å². The van der Waals surface area contributed by atoms with Gasteiger partial charge in [0.25, 0.3) is 0 Å². The number of rotatable bonds is 6. The highest BCUT2D eigenvalue weighted by Gasteiger charge is 2.66. The molecule has 7 heteroatoms. The Balaban J connectivity index is 1.29. The number of carbonyl (C=O) groups is 2. The minimum absolute atomic E-state index is 0.0575. The Kier molecular flexibility index (Phi) is 4.20. The monoisotopic (exact) mass is 394 g/mol. The Morgan fingerprint density at radius 3 is 2.86 bits per heavy atom. The molecule has 2 saturated heterocycles. The SMILES string of the molecule is COc1ccc(CNC(=O)[C@@H]2[C@H]3C=C[C@@]4(CN(Cc5ccco5)C(=O)[C@@H]24)O3)cc1. The number of fused-ring (bicyclic) bond motifs is 1. The van der Waals surface area contributed by atoms with Gasteiger partial charge in [-0.05, 0) is 29.8 Å². The maximum Gasteiger partial charge on any atom is 0.230 e. The summed E-state index contributed by atoms with van der Waals surface area (Å²) in [5.74, 6) is 0.249. The molecule has 1 aromatic heterocycles. The first-order valence-corrected chi connectivity index (χ1v) is 9.69. The van der Waals surface area contributed by atoms with E-state index in [4.69, 9.17) is 13.9 Å². The zero-order chi connectivity index (χ0) is 20.0. The van der Waals surface area contributed by atoms with Crippen molar-refractivity contribution in [3.8, 4) is 5.75 Å². The number of amides is 2. The summed E-state index contributed by atoms with van der Waals surface area (Å²) < 4.78 is 16.7. The number of nitrogens with one attached hydrogen (secondary N) is 1. The van der Waals surface area contributed by atoms with Crippen molar-refractivity contribution in [2.75, 3.05) is 13.7 Å². The van der Waals surface area contributed by atoms with Crippen LogP contribution >= 0.6 is 0 Å². The molecule has 5 rings (SSSR count). The van der Waals surface area contributed by atoms with Crippen LogP contribution in [0.4, 0.5) is 0 Å². The molecular weight excluding hydrogens is 372 g/mol. The summed E-state index contributed by atoms with van der Waals surface area (Å²) in [4.78, 5) is 27.9. The molecule has 29 heavy (non-hydrogen) atoms. The lowest BCUT2D eigenvalue weighted by Crippen LogP contribution is -2.43. The number of hydrogen-bond acceptors (Lipinski definition) is 5. The second-order valence-electron chi connectivity index (χ2n) is 7.74. The van der Waals surface area contributed by atoms with Gasteiger partial charge in [0.1, 0.15) is 17.1 Å². The summed E-state index contributed by atoms with van der Waals surface area (Å²) in [6.45, 7) is 1.21. The Labute approximate surface area is 168 Å². The highest BCUT2D eigenvalue weighted by molar-refractivity contribution is 5.93. The lowest BCUT2D eigenvalue weighted by atomic mass is 9.77. The fourth-order valence-electron chi connectivity index (χ4n) is 4.65. The highest BCUT2D eigenvalue weighted by atomic mass is 16.5. The third-order valence-electron chi connectivity index (χ3n) is 6.03. The molecule has 2 aromatic rings. The third kappa shape index (κ3) is 2.93. The van der Waals surface area contributed by atoms with E-state index in [-0.39, 0.29) is 17.9 Å². The van der Waals surface area contributed by atoms with Crippen molar-refractivity contribution in [1.29, 1.82) is 0 Å². The van der Waals surface area contributed by atoms with Crippen molar-refractivity contribution in [2.24, 2.45) is 11.8 Å². The van der Waals surface area contributed by atoms with Gasteiger partial charge in [-0.1, -0.05) is 24.3 Å². The van der Waals surface area contributed by atoms with Crippen LogP contribution in [0.25, 0.3) is 0 Å². The molecule has 2 amide bonds. The first-order valence-electron chi connectivity index (χ1n) is 9.69. The van der Waals surface area contributed by atoms with Gasteiger partial charge in [0.15, 0.2) is 0 Å². The van der Waals surface area contributed by atoms with Gasteiger partial charge >= 0.3 is 0 Å². The molecule has 3 aliphatic rings. The van der Waals surface area contributed by atoms with E-state index in [0.29, 0.717) is 25.4 Å². The largest absolute Gasteiger partial charge is 0.497 e. The first kappa shape index (κ1) is 18.0. The van der Waals surface area contributed by atoms with Gasteiger partial charge in [0, 0.05) is 6.54 Å². The molecule has 7 nitrogen and oxygen atoms in total. The molecule has 150 valence electrons. The maximum atomic E-state index is 13.1. The normalized spacial score (nSPS) is 29.3. The Morgan fingerprint density at radius 1 is 1.31 bits per heavy atom. The molecule has 0 aliphatic carbocycles. The predicted octanol–water partition coefficient (Wildman–Crippen LogP) is 1.89. The fourth-order valence-corrected chi connectivity index (χ4v) is 4.65. The molecular formula is C22H22N2O5. The predicted molar refractivity (Wildman–Crippen MR) is 103 cm³/mol. The quantitative estimate of drug-likeness (QED) is 0.757. The molecule has 1 aromatic carbocycles. The van der Waals surface area contributed by atoms with E-state index >= 15 is 0 Å². The van der Waals surface area contributed by atoms with E-state index in [0.717, 1.165) is 11.3 Å². The van der Waals surface area contributed by atoms with Crippen LogP contribution in [0.2, 0.25) is 0 Å². The van der Waals surface area contributed by atoms with Crippen molar-refractivity contribution < 1.29 is 23.5 Å². The lowest BCUT2D eigenvalue weighted by Gasteiger charge is -2.23. The molecule has 4 atom stereocenters. The zero-order valence-corrected chi connectivity index (χ0v) is 16.0. The van der Waals surface area contributed by atoms with Crippen LogP contribution in [0.1, 0.15) is 11.3 Å². The third-order valence-corrected chi connectivity index (χ3v) is 6.03. The molecule has 2 fully saturated rings. The average molecular weight is 394 g/mol. The van der Waals surface area contributed by atoms with Crippen LogP contribution in [-0.4, -0.2) is 42.1 Å². The van der Waals surface area contributed by atoms with Crippen molar-refractivity contribution in [1.82, 2.24) is 10.2 Å². The van der Waals surface area contributed by atoms with Gasteiger partial charge < -0.3 is 24.1 Å². The molecule has 0 radical (unpaired) electrons. The zero-order valence-electron chi connectivity index (χ0n) is 16.0. The van der Waals surface area contributed by atoms with Gasteiger partial charge in [-0.2, -0.15) is 0 Å². The number of ether oxygens (including phenoxy) is 2. The van der Waals surface area contributed by atoms with Gasteiger partial charge in [0.05, 0.1) is 44.4 Å². The van der Waals surface area contributed by atoms with Crippen LogP contribution in [0.3, 0.4) is 0 Å². The summed E-state index contributed by atoms with van der Waals surface area (Å²) in [6, 6.07) is 11.2. The fraction of sp³-hybridized carbons (Fsp3) is 0.364. The summed E-state index contributed by atoms with van der Waals surface area (Å²) in [7, 11) is 1.61. The highest BCUT2D eigenvalue weighted by Crippen LogP contribution is 2.52. The number of hydrogen-bond donors (Lipinski definition) is 1. The molecule has 1 N–H and O–H groups in total. The molecule has 2 bridgehead atoms. The van der Waals surface area contributed by atoms with Gasteiger partial charge in [-0.3, -0.25) is 9.59 Å². The standard InChI is InChI=1S/C22H22N2O5/c1-27-15-6-4-14(5-7-15)11-23-20(25)18-17-8-9-22(29-17)13-24(21(26)19(18)22)12-16-3-2-10-28-16/h2-10,17-19H,11-13H2,1H3,(H,23,25)/t17-,18-,19-,22+/m1/s1. The Hall–Kier alpha value is -3.06. The van der Waals surface area contributed by atoms with E-state index in [1.54, 1.807) is 24.3 Å². The summed E-state index contributed by atoms with van der Waals surface area (Å²) in [6.07, 6.45) is 5.10. The van der Waals surface area contributed by atoms with E-state index in [9.17, 15) is 9.59 Å². The molecule has 0 saturated carbocycles. The van der Waals surface area contributed by atoms with Gasteiger partial charge in [-0.25, -0.2) is 0 Å². The molecule has 3 aliphatic heterocycles. The van der Waals surface area contributed by atoms with Crippen molar-refractivity contribution in [3.63, 3.8) is 0 Å². The maximum absolute atomic E-state index is 13.1. The topological polar surface area (TPSA) is 81.0 Å². The molecule has 0 unspecified atom stereocenters. The second-order valence-corrected chi connectivity index (χ2v) is 7.74. The Bertz CT molecular complexity index is 952. The van der Waals surface area contributed by atoms with Crippen LogP contribution < -0.4 is 10.1 Å². The first-order chi connectivity index (χ1) is 14.1. The molecule has 1 spiro atoms. The van der Waals surface area contributed by atoms with Crippen LogP contribution in [0.5, 0.6) is 5.75 Å². The van der Waals surface area contributed by atoms with Crippen LogP contribution in [0, 0.1) is 11.8 Å². The summed E-state index contributed by atoms with van der Waals surface area (Å²) in [5.41, 5.74) is 0.252. The Morgan fingerprint density at radius 2 is 2.14 bits per heavy atom. The number of methoxy groups -OCH3 is 1. The number of nitrogens with zero attached hydrogens (tertiary/aromatic N) is 1. The average Bonchev–Trinajstić information content (AvgIpc) is 3.50. The van der Waals surface area contributed by atoms with Gasteiger partial charge in [0.2, 0.25) is 11.8 Å². The number of furan rings is 1. The van der Waals surface area contributed by atoms with Crippen LogP contribution in [-0.2, 0) is 27.4 Å². The number of likely N-dealkylation sites (tertiary alicyclic amines) is 1. The van der Waals surface area contributed by atoms with E-state index in [1.807, 2.05) is 42.5 Å². The van der Waals surface area contributed by atoms with Gasteiger partial charge in [-0.15, -0.1) is 0 Å². The smallest absolute Gasteiger partial charge is 0.230 e. The number of benzene rings is 1. The van der Waals surface area contributed by atoms with E-state index in [2.05, 4.69) is 5.32 Å². The van der Waals surface area contributed by atoms with E-state index < -0.39 is 17.4 Å². The lowest BCUT2D eigenvalue weighted by molar-refractivity contribution is -0.138. The van der Waals surface area contributed by atoms with Crippen LogP contribution in [0.15, 0.2) is 59.2 Å². The van der Waals surface area contributed by atoms with Crippen molar-refractivity contribution in [3.05, 3.63) is 66.1 Å². The minimum Gasteiger partial charge on any atom is -0.497 e.